The summed E-state index contributed by atoms with van der Waals surface area (Å²) in [5.74, 6) is 0. The van der Waals surface area contributed by atoms with Crippen molar-refractivity contribution in [1.29, 1.82) is 0 Å². The van der Waals surface area contributed by atoms with Crippen molar-refractivity contribution in [3.8, 4) is 0 Å². The first-order valence-electron chi connectivity index (χ1n) is 12.8. The first-order valence-corrected chi connectivity index (χ1v) is 15.2. The number of nitrogens with zero attached hydrogens (tertiary/aromatic N) is 1. The highest BCUT2D eigenvalue weighted by atomic mass is 28.2. The summed E-state index contributed by atoms with van der Waals surface area (Å²) < 4.78 is 21.1. The van der Waals surface area contributed by atoms with Gasteiger partial charge in [-0.1, -0.05) is 33.4 Å². The molecule has 2 fully saturated rings. The van der Waals surface area contributed by atoms with Gasteiger partial charge in [0.05, 0.1) is 33.0 Å². The summed E-state index contributed by atoms with van der Waals surface area (Å²) in [7, 11) is 1.92. The van der Waals surface area contributed by atoms with Crippen LogP contribution in [0.2, 0.25) is 12.6 Å². The van der Waals surface area contributed by atoms with Gasteiger partial charge in [-0.2, -0.15) is 0 Å². The Kier molecular flexibility index (Phi) is 12.1. The molecule has 0 radical (unpaired) electrons. The summed E-state index contributed by atoms with van der Waals surface area (Å²) in [5, 5.41) is 6.15. The van der Waals surface area contributed by atoms with Crippen LogP contribution in [0.1, 0.15) is 46.5 Å². The van der Waals surface area contributed by atoms with Crippen molar-refractivity contribution >= 4 is 21.6 Å². The zero-order chi connectivity index (χ0) is 25.0. The van der Waals surface area contributed by atoms with Crippen LogP contribution in [0, 0.1) is 10.8 Å². The molecule has 3 amide bonds. The Morgan fingerprint density at radius 3 is 2.53 bits per heavy atom. The minimum absolute atomic E-state index is 0.00135. The maximum Gasteiger partial charge on any atom is 0.407 e. The number of hydrogen-bond acceptors (Lipinski definition) is 6. The molecule has 3 unspecified atom stereocenters. The van der Waals surface area contributed by atoms with E-state index < -0.39 is 6.09 Å². The highest BCUT2D eigenvalue weighted by Crippen LogP contribution is 2.45. The van der Waals surface area contributed by atoms with Crippen LogP contribution in [0.4, 0.5) is 9.59 Å². The topological polar surface area (TPSA) is 102 Å². The average molecular weight is 502 g/mol. The molecule has 1 saturated heterocycles. The molecule has 1 heterocycles. The van der Waals surface area contributed by atoms with Gasteiger partial charge < -0.3 is 34.5 Å². The number of urea groups is 1. The van der Waals surface area contributed by atoms with Gasteiger partial charge in [-0.25, -0.2) is 9.59 Å². The van der Waals surface area contributed by atoms with Gasteiger partial charge in [-0.05, 0) is 36.5 Å². The third-order valence-corrected chi connectivity index (χ3v) is 7.62. The Balaban J connectivity index is 1.66. The number of nitrogens with one attached hydrogen (secondary N) is 2. The third-order valence-electron chi connectivity index (χ3n) is 6.41. The predicted molar refractivity (Wildman–Crippen MR) is 135 cm³/mol. The second-order valence-electron chi connectivity index (χ2n) is 11.0. The van der Waals surface area contributed by atoms with E-state index >= 15 is 0 Å². The number of amides is 3. The first kappa shape index (κ1) is 28.9. The van der Waals surface area contributed by atoms with Gasteiger partial charge in [0, 0.05) is 35.7 Å². The van der Waals surface area contributed by atoms with Crippen molar-refractivity contribution in [2.24, 2.45) is 10.8 Å². The molecule has 10 heteroatoms. The number of carbonyl (C=O) groups is 2. The van der Waals surface area contributed by atoms with E-state index in [1.165, 1.54) is 6.04 Å². The molecule has 0 aromatic carbocycles. The Labute approximate surface area is 207 Å². The number of alkyl carbamates (subject to hydrolysis) is 1. The van der Waals surface area contributed by atoms with Crippen molar-refractivity contribution < 1.29 is 28.5 Å². The lowest BCUT2D eigenvalue weighted by Gasteiger charge is -2.47. The lowest BCUT2D eigenvalue weighted by atomic mass is 9.62. The van der Waals surface area contributed by atoms with E-state index in [0.717, 1.165) is 38.8 Å². The lowest BCUT2D eigenvalue weighted by molar-refractivity contribution is 0.0230. The lowest BCUT2D eigenvalue weighted by Crippen LogP contribution is -2.52. The molecule has 0 aromatic rings. The first-order chi connectivity index (χ1) is 16.1. The molecule has 1 aliphatic heterocycles. The van der Waals surface area contributed by atoms with Gasteiger partial charge in [0.25, 0.3) is 0 Å². The smallest absolute Gasteiger partial charge is 0.407 e. The largest absolute Gasteiger partial charge is 0.447 e. The SMILES string of the molecule is C[SiH2]CCCN(C)C(=O)NC1CC(C)(C)CC(C)(CNC(=O)OCCOCCOCC2CO2)C1. The summed E-state index contributed by atoms with van der Waals surface area (Å²) >= 11 is 0. The minimum atomic E-state index is -0.435. The van der Waals surface area contributed by atoms with Crippen molar-refractivity contribution in [2.45, 2.75) is 71.2 Å². The highest BCUT2D eigenvalue weighted by molar-refractivity contribution is 6.33. The maximum absolute atomic E-state index is 12.7. The van der Waals surface area contributed by atoms with Crippen LogP contribution < -0.4 is 10.6 Å². The highest BCUT2D eigenvalue weighted by Gasteiger charge is 2.42. The molecule has 1 saturated carbocycles. The summed E-state index contributed by atoms with van der Waals surface area (Å²) in [6.45, 7) is 13.2. The third kappa shape index (κ3) is 11.9. The maximum atomic E-state index is 12.7. The molecule has 2 N–H and O–H groups in total. The van der Waals surface area contributed by atoms with E-state index in [1.807, 2.05) is 7.05 Å². The monoisotopic (exact) mass is 501 g/mol. The number of hydrogen-bond donors (Lipinski definition) is 2. The number of carbonyl (C=O) groups excluding carboxylic acids is 2. The van der Waals surface area contributed by atoms with Gasteiger partial charge in [0.15, 0.2) is 0 Å². The molecular formula is C24H47N3O6Si. The normalized spacial score (nSPS) is 25.8. The summed E-state index contributed by atoms with van der Waals surface area (Å²) in [5.41, 5.74) is -0.0470. The Hall–Kier alpha value is -1.36. The molecule has 1 aliphatic carbocycles. The number of ether oxygens (including phenoxy) is 4. The van der Waals surface area contributed by atoms with E-state index in [0.29, 0.717) is 33.0 Å². The molecule has 198 valence electrons. The number of epoxide rings is 1. The van der Waals surface area contributed by atoms with E-state index in [4.69, 9.17) is 18.9 Å². The second kappa shape index (κ2) is 14.3. The van der Waals surface area contributed by atoms with Gasteiger partial charge in [0.2, 0.25) is 0 Å². The van der Waals surface area contributed by atoms with E-state index in [-0.39, 0.29) is 45.1 Å². The van der Waals surface area contributed by atoms with Crippen LogP contribution >= 0.6 is 0 Å². The van der Waals surface area contributed by atoms with Gasteiger partial charge in [-0.3, -0.25) is 0 Å². The summed E-state index contributed by atoms with van der Waals surface area (Å²) in [6.07, 6.45) is 3.64. The summed E-state index contributed by atoms with van der Waals surface area (Å²) in [4.78, 5) is 26.6. The Bertz CT molecular complexity index is 634. The van der Waals surface area contributed by atoms with Crippen molar-refractivity contribution in [3.63, 3.8) is 0 Å². The fraction of sp³-hybridized carbons (Fsp3) is 0.917. The fourth-order valence-electron chi connectivity index (χ4n) is 4.98. The molecule has 2 aliphatic rings. The van der Waals surface area contributed by atoms with E-state index in [2.05, 4.69) is 38.0 Å². The predicted octanol–water partition coefficient (Wildman–Crippen LogP) is 2.40. The number of rotatable bonds is 15. The fourth-order valence-corrected chi connectivity index (χ4v) is 5.71. The average Bonchev–Trinajstić information content (AvgIpc) is 3.57. The quantitative estimate of drug-likeness (QED) is 0.203. The molecule has 0 aromatic heterocycles. The van der Waals surface area contributed by atoms with Crippen LogP contribution in [-0.4, -0.2) is 98.5 Å². The van der Waals surface area contributed by atoms with E-state index in [1.54, 1.807) is 4.90 Å². The van der Waals surface area contributed by atoms with Crippen molar-refractivity contribution in [3.05, 3.63) is 0 Å². The Morgan fingerprint density at radius 2 is 1.82 bits per heavy atom. The second-order valence-corrected chi connectivity index (χ2v) is 12.7. The van der Waals surface area contributed by atoms with Crippen molar-refractivity contribution in [2.75, 3.05) is 59.8 Å². The van der Waals surface area contributed by atoms with Gasteiger partial charge in [-0.15, -0.1) is 0 Å². The zero-order valence-electron chi connectivity index (χ0n) is 22.0. The molecular weight excluding hydrogens is 454 g/mol. The van der Waals surface area contributed by atoms with Crippen LogP contribution in [0.5, 0.6) is 0 Å². The molecule has 2 rings (SSSR count). The van der Waals surface area contributed by atoms with E-state index in [9.17, 15) is 9.59 Å². The molecule has 9 nitrogen and oxygen atoms in total. The molecule has 0 bridgehead atoms. The van der Waals surface area contributed by atoms with Crippen LogP contribution in [0.3, 0.4) is 0 Å². The van der Waals surface area contributed by atoms with Crippen LogP contribution in [0.15, 0.2) is 0 Å². The molecule has 0 spiro atoms. The molecule has 34 heavy (non-hydrogen) atoms. The molecule has 3 atom stereocenters. The van der Waals surface area contributed by atoms with Crippen molar-refractivity contribution in [1.82, 2.24) is 15.5 Å². The standard InChI is InChI=1S/C24H47N3O6Si/c1-23(2)13-19(26-21(28)27(4)7-6-12-34-5)14-24(3,17-23)18-25-22(29)32-11-10-30-8-9-31-15-20-16-33-20/h19-20H,6-18,34H2,1-5H3,(H,25,29)(H,26,28). The van der Waals surface area contributed by atoms with Crippen LogP contribution in [-0.2, 0) is 18.9 Å². The van der Waals surface area contributed by atoms with Gasteiger partial charge >= 0.3 is 12.1 Å². The van der Waals surface area contributed by atoms with Gasteiger partial charge in [0.1, 0.15) is 12.7 Å². The van der Waals surface area contributed by atoms with Crippen LogP contribution in [0.25, 0.3) is 0 Å². The Morgan fingerprint density at radius 1 is 1.12 bits per heavy atom. The zero-order valence-corrected chi connectivity index (χ0v) is 23.4. The minimum Gasteiger partial charge on any atom is -0.447 e. The summed E-state index contributed by atoms with van der Waals surface area (Å²) in [6, 6.07) is 1.36.